The summed E-state index contributed by atoms with van der Waals surface area (Å²) in [5, 5.41) is 1.00. The lowest BCUT2D eigenvalue weighted by Crippen LogP contribution is -2.47. The summed E-state index contributed by atoms with van der Waals surface area (Å²) in [6.45, 7) is 4.09. The molecule has 0 fully saturated rings. The highest BCUT2D eigenvalue weighted by atomic mass is 16.6. The lowest BCUT2D eigenvalue weighted by atomic mass is 9.85. The molecule has 0 saturated carbocycles. The van der Waals surface area contributed by atoms with Crippen LogP contribution in [0.15, 0.2) is 41.2 Å². The zero-order chi connectivity index (χ0) is 23.2. The van der Waals surface area contributed by atoms with E-state index in [1.54, 1.807) is 17.6 Å². The molecule has 7 heteroatoms. The maximum atomic E-state index is 13.5. The maximum Gasteiger partial charge on any atom is 0.355 e. The van der Waals surface area contributed by atoms with Crippen LogP contribution in [0.4, 0.5) is 0 Å². The number of hydrogen-bond acceptors (Lipinski definition) is 6. The molecule has 1 aromatic carbocycles. The van der Waals surface area contributed by atoms with Gasteiger partial charge in [0, 0.05) is 22.9 Å². The second kappa shape index (κ2) is 8.14. The van der Waals surface area contributed by atoms with Crippen molar-refractivity contribution < 1.29 is 19.1 Å². The van der Waals surface area contributed by atoms with Crippen LogP contribution in [0.1, 0.15) is 62.6 Å². The Hall–Kier alpha value is -3.48. The van der Waals surface area contributed by atoms with Crippen LogP contribution in [0.3, 0.4) is 0 Å². The number of aromatic nitrogens is 2. The Morgan fingerprint density at radius 1 is 1.18 bits per heavy atom. The number of hydrogen-bond donors (Lipinski definition) is 0. The van der Waals surface area contributed by atoms with Crippen molar-refractivity contribution in [3.8, 4) is 11.4 Å². The predicted molar refractivity (Wildman–Crippen MR) is 123 cm³/mol. The van der Waals surface area contributed by atoms with Crippen molar-refractivity contribution in [3.05, 3.63) is 63.4 Å². The summed E-state index contributed by atoms with van der Waals surface area (Å²) in [5.74, 6) is -1.09. The van der Waals surface area contributed by atoms with Crippen molar-refractivity contribution in [1.82, 2.24) is 9.55 Å². The van der Waals surface area contributed by atoms with Crippen LogP contribution in [-0.2, 0) is 37.8 Å². The summed E-state index contributed by atoms with van der Waals surface area (Å²) in [7, 11) is 0. The quantitative estimate of drug-likeness (QED) is 0.326. The molecule has 0 spiro atoms. The fourth-order valence-corrected chi connectivity index (χ4v) is 4.85. The third kappa shape index (κ3) is 3.34. The van der Waals surface area contributed by atoms with Crippen LogP contribution in [0.5, 0.6) is 0 Å². The topological polar surface area (TPSA) is 87.5 Å². The number of benzene rings is 1. The van der Waals surface area contributed by atoms with Crippen molar-refractivity contribution in [3.63, 3.8) is 0 Å². The first-order chi connectivity index (χ1) is 16.0. The minimum Gasteiger partial charge on any atom is -0.457 e. The number of rotatable bonds is 6. The van der Waals surface area contributed by atoms with E-state index >= 15 is 0 Å². The molecule has 4 heterocycles. The normalized spacial score (nSPS) is 18.4. The van der Waals surface area contributed by atoms with Crippen LogP contribution >= 0.6 is 0 Å². The molecule has 3 aromatic rings. The summed E-state index contributed by atoms with van der Waals surface area (Å²) < 4.78 is 12.8. The molecule has 0 amide bonds. The van der Waals surface area contributed by atoms with E-state index in [4.69, 9.17) is 14.5 Å². The second-order valence-electron chi connectivity index (χ2n) is 8.69. The number of nitrogens with zero attached hydrogens (tertiary/aromatic N) is 2. The van der Waals surface area contributed by atoms with Crippen LogP contribution in [0.2, 0.25) is 0 Å². The minimum absolute atomic E-state index is 0.131. The third-order valence-corrected chi connectivity index (χ3v) is 6.66. The molecular weight excluding hydrogens is 420 g/mol. The van der Waals surface area contributed by atoms with Gasteiger partial charge in [-0.25, -0.2) is 9.78 Å². The van der Waals surface area contributed by atoms with Crippen molar-refractivity contribution in [1.29, 1.82) is 0 Å². The molecule has 7 nitrogen and oxygen atoms in total. The van der Waals surface area contributed by atoms with Gasteiger partial charge in [0.25, 0.3) is 5.56 Å². The summed E-state index contributed by atoms with van der Waals surface area (Å²) in [5.41, 5.74) is 2.05. The van der Waals surface area contributed by atoms with Crippen LogP contribution in [0.25, 0.3) is 22.3 Å². The largest absolute Gasteiger partial charge is 0.457 e. The molecule has 33 heavy (non-hydrogen) atoms. The number of unbranched alkanes of at least 4 members (excludes halogenated alkanes) is 2. The monoisotopic (exact) mass is 446 g/mol. The molecule has 0 N–H and O–H groups in total. The lowest BCUT2D eigenvalue weighted by molar-refractivity contribution is -0.189. The van der Waals surface area contributed by atoms with E-state index in [-0.39, 0.29) is 25.0 Å². The number of esters is 2. The highest BCUT2D eigenvalue weighted by molar-refractivity contribution is 5.88. The van der Waals surface area contributed by atoms with E-state index in [9.17, 15) is 14.4 Å². The Morgan fingerprint density at radius 3 is 2.79 bits per heavy atom. The Morgan fingerprint density at radius 2 is 2.00 bits per heavy atom. The molecular formula is C26H26N2O5. The van der Waals surface area contributed by atoms with Gasteiger partial charge >= 0.3 is 11.9 Å². The van der Waals surface area contributed by atoms with Gasteiger partial charge in [-0.05, 0) is 31.0 Å². The average molecular weight is 447 g/mol. The van der Waals surface area contributed by atoms with Gasteiger partial charge in [-0.15, -0.1) is 0 Å². The van der Waals surface area contributed by atoms with E-state index in [2.05, 4.69) is 6.92 Å². The van der Waals surface area contributed by atoms with Crippen molar-refractivity contribution in [2.24, 2.45) is 0 Å². The van der Waals surface area contributed by atoms with Gasteiger partial charge in [0.05, 0.1) is 29.0 Å². The van der Waals surface area contributed by atoms with Gasteiger partial charge < -0.3 is 14.0 Å². The zero-order valence-electron chi connectivity index (χ0n) is 18.8. The molecule has 5 rings (SSSR count). The molecule has 2 aliphatic rings. The molecule has 1 unspecified atom stereocenters. The van der Waals surface area contributed by atoms with E-state index in [1.165, 1.54) is 0 Å². The molecule has 0 radical (unpaired) electrons. The minimum atomic E-state index is -1.62. The third-order valence-electron chi connectivity index (χ3n) is 6.66. The maximum absolute atomic E-state index is 13.5. The number of carbonyl (C=O) groups excluding carboxylic acids is 2. The number of fused-ring (bicyclic) bond motifs is 5. The van der Waals surface area contributed by atoms with E-state index in [1.807, 2.05) is 30.3 Å². The first kappa shape index (κ1) is 21.4. The van der Waals surface area contributed by atoms with Crippen molar-refractivity contribution >= 4 is 22.8 Å². The smallest absolute Gasteiger partial charge is 0.355 e. The standard InChI is InChI=1S/C26H26N2O5/c1-3-5-6-11-22(29)33-26(4-2)19-13-21-23-17(12-16-9-7-8-10-20(16)27-23)14-28(21)24(30)18(19)15-32-25(26)31/h7-10,12-13H,3-6,11,14-15H2,1-2H3. The molecule has 2 aromatic heterocycles. The number of para-hydroxylation sites is 1. The van der Waals surface area contributed by atoms with E-state index in [0.29, 0.717) is 35.5 Å². The molecule has 0 aliphatic carbocycles. The van der Waals surface area contributed by atoms with Gasteiger partial charge in [0.1, 0.15) is 6.61 Å². The summed E-state index contributed by atoms with van der Waals surface area (Å²) >= 11 is 0. The lowest BCUT2D eigenvalue weighted by Gasteiger charge is -2.35. The molecule has 0 bridgehead atoms. The second-order valence-corrected chi connectivity index (χ2v) is 8.69. The van der Waals surface area contributed by atoms with E-state index < -0.39 is 17.5 Å². The molecule has 2 aliphatic heterocycles. The summed E-state index contributed by atoms with van der Waals surface area (Å²) in [4.78, 5) is 43.9. The number of pyridine rings is 2. The first-order valence-electron chi connectivity index (χ1n) is 11.5. The molecule has 0 saturated heterocycles. The van der Waals surface area contributed by atoms with Crippen LogP contribution in [0, 0.1) is 0 Å². The molecule has 170 valence electrons. The van der Waals surface area contributed by atoms with Gasteiger partial charge in [-0.3, -0.25) is 9.59 Å². The number of carbonyl (C=O) groups is 2. The number of ether oxygens (including phenoxy) is 2. The first-order valence-corrected chi connectivity index (χ1v) is 11.5. The fourth-order valence-electron chi connectivity index (χ4n) is 4.85. The summed E-state index contributed by atoms with van der Waals surface area (Å²) in [6.07, 6.45) is 2.97. The summed E-state index contributed by atoms with van der Waals surface area (Å²) in [6, 6.07) is 11.6. The van der Waals surface area contributed by atoms with E-state index in [0.717, 1.165) is 29.3 Å². The molecule has 1 atom stereocenters. The van der Waals surface area contributed by atoms with Crippen LogP contribution in [-0.4, -0.2) is 21.5 Å². The Kier molecular flexibility index (Phi) is 5.27. The van der Waals surface area contributed by atoms with Crippen molar-refractivity contribution in [2.45, 2.75) is 64.7 Å². The Balaban J connectivity index is 1.64. The van der Waals surface area contributed by atoms with Crippen molar-refractivity contribution in [2.75, 3.05) is 0 Å². The van der Waals surface area contributed by atoms with Crippen LogP contribution < -0.4 is 5.56 Å². The van der Waals surface area contributed by atoms with Gasteiger partial charge in [0.15, 0.2) is 0 Å². The number of cyclic esters (lactones) is 1. The zero-order valence-corrected chi connectivity index (χ0v) is 18.8. The SMILES string of the molecule is CCCCCC(=O)OC1(CC)C(=O)OCc2c1cc1n(c2=O)Cc2cc3ccccc3nc2-1. The Bertz CT molecular complexity index is 1340. The van der Waals surface area contributed by atoms with Gasteiger partial charge in [-0.2, -0.15) is 0 Å². The van der Waals surface area contributed by atoms with Gasteiger partial charge in [0.2, 0.25) is 5.60 Å². The fraction of sp³-hybridized carbons (Fsp3) is 0.385. The highest BCUT2D eigenvalue weighted by Gasteiger charge is 2.50. The Labute approximate surface area is 191 Å². The average Bonchev–Trinajstić information content (AvgIpc) is 3.17. The predicted octanol–water partition coefficient (Wildman–Crippen LogP) is 4.21. The van der Waals surface area contributed by atoms with Gasteiger partial charge in [-0.1, -0.05) is 44.9 Å². The highest BCUT2D eigenvalue weighted by Crippen LogP contribution is 2.41.